The number of thioether (sulfide) groups is 1. The van der Waals surface area contributed by atoms with Gasteiger partial charge in [0.05, 0.1) is 44.7 Å². The molecule has 0 bridgehead atoms. The van der Waals surface area contributed by atoms with Crippen LogP contribution >= 0.6 is 35.0 Å². The molecular weight excluding hydrogens is 872 g/mol. The van der Waals surface area contributed by atoms with Crippen molar-refractivity contribution in [3.05, 3.63) is 170 Å². The Bertz CT molecular complexity index is 2850. The zero-order valence-electron chi connectivity index (χ0n) is 34.2. The number of halogens is 2. The number of nitrogens with one attached hydrogen (secondary N) is 2. The van der Waals surface area contributed by atoms with Gasteiger partial charge in [0.25, 0.3) is 5.91 Å². The Morgan fingerprint density at radius 3 is 2.31 bits per heavy atom. The van der Waals surface area contributed by atoms with Crippen molar-refractivity contribution in [3.8, 4) is 34.8 Å². The Hall–Kier alpha value is -6.87. The molecule has 0 radical (unpaired) electrons. The number of carbonyl (C=O) groups is 3. The number of hydrogen-bond acceptors (Lipinski definition) is 10. The predicted molar refractivity (Wildman–Crippen MR) is 243 cm³/mol. The predicted octanol–water partition coefficient (Wildman–Crippen LogP) is 8.91. The molecule has 8 rings (SSSR count). The van der Waals surface area contributed by atoms with Crippen LogP contribution in [0.3, 0.4) is 0 Å². The van der Waals surface area contributed by atoms with Gasteiger partial charge in [-0.05, 0) is 107 Å². The van der Waals surface area contributed by atoms with Gasteiger partial charge in [-0.15, -0.1) is 11.8 Å². The van der Waals surface area contributed by atoms with E-state index in [1.807, 2.05) is 65.8 Å². The molecule has 0 aliphatic carbocycles. The topological polar surface area (TPSA) is 178 Å². The van der Waals surface area contributed by atoms with E-state index in [4.69, 9.17) is 42.9 Å². The quantitative estimate of drug-likeness (QED) is 0.0943. The zero-order chi connectivity index (χ0) is 44.9. The van der Waals surface area contributed by atoms with Gasteiger partial charge in [-0.25, -0.2) is 9.78 Å². The molecule has 6 aromatic rings. The number of pyridine rings is 1. The summed E-state index contributed by atoms with van der Waals surface area (Å²) in [5, 5.41) is 36.3. The van der Waals surface area contributed by atoms with Gasteiger partial charge in [0.15, 0.2) is 0 Å². The number of aromatic nitrogens is 1. The summed E-state index contributed by atoms with van der Waals surface area (Å²) in [5.74, 6) is -0.976. The molecule has 15 heteroatoms. The molecule has 12 nitrogen and oxygen atoms in total. The summed E-state index contributed by atoms with van der Waals surface area (Å²) in [7, 11) is 0. The van der Waals surface area contributed by atoms with E-state index >= 15 is 0 Å². The van der Waals surface area contributed by atoms with E-state index in [2.05, 4.69) is 22.8 Å². The first-order valence-corrected chi connectivity index (χ1v) is 22.1. The lowest BCUT2D eigenvalue weighted by molar-refractivity contribution is -0.142. The lowest BCUT2D eigenvalue weighted by Gasteiger charge is -2.37. The van der Waals surface area contributed by atoms with Crippen LogP contribution in [-0.4, -0.2) is 51.1 Å². The molecule has 1 aromatic heterocycles. The number of aliphatic carboxylic acids is 1. The maximum Gasteiger partial charge on any atom is 0.326 e. The maximum atomic E-state index is 14.3. The first-order valence-electron chi connectivity index (χ1n) is 20.1. The minimum atomic E-state index is -1.23. The van der Waals surface area contributed by atoms with Crippen LogP contribution in [-0.2, 0) is 46.9 Å². The van der Waals surface area contributed by atoms with Crippen LogP contribution in [0.15, 0.2) is 120 Å². The fraction of sp³-hybridized carbons (Fsp3) is 0.184. The van der Waals surface area contributed by atoms with Gasteiger partial charge in [0.1, 0.15) is 35.2 Å². The normalized spacial score (nSPS) is 15.9. The van der Waals surface area contributed by atoms with Gasteiger partial charge < -0.3 is 25.2 Å². The number of carboxylic acids is 1. The summed E-state index contributed by atoms with van der Waals surface area (Å²) in [6, 6.07) is 36.3. The number of amides is 2. The summed E-state index contributed by atoms with van der Waals surface area (Å²) in [4.78, 5) is 47.1. The molecule has 3 atom stereocenters. The number of carbonyl (C=O) groups excluding carboxylic acids is 2. The highest BCUT2D eigenvalue weighted by molar-refractivity contribution is 7.98. The highest BCUT2D eigenvalue weighted by atomic mass is 35.5. The van der Waals surface area contributed by atoms with E-state index < -0.39 is 30.1 Å². The van der Waals surface area contributed by atoms with Gasteiger partial charge >= 0.3 is 5.97 Å². The largest absolute Gasteiger partial charge is 0.489 e. The number of nitrogens with zero attached hydrogens (tertiary/aromatic N) is 4. The van der Waals surface area contributed by atoms with Crippen LogP contribution in [0.4, 0.5) is 5.69 Å². The summed E-state index contributed by atoms with van der Waals surface area (Å²) >= 11 is 13.5. The fourth-order valence-corrected chi connectivity index (χ4v) is 8.58. The van der Waals surface area contributed by atoms with E-state index in [0.29, 0.717) is 60.2 Å². The highest BCUT2D eigenvalue weighted by Crippen LogP contribution is 2.40. The standard InChI is InChI=1S/C49H38Cl2N6O6S/c1-64-48-34(24-53)11-14-37(54-48)26-57-25-36-22-44-41(55-47(59)45(63-44)33-12-15-38(16-13-33)62-27-30-6-17-39(50)40(51)18-30)20-35(36)21-43(57)46(58)56-42(49(60)61)19-28-2-7-31(8-3-28)32-9-4-29(23-52)5-10-32/h2-18,20,22,42-43,45H,19,21,25-27H2,1H3,(H,55,59)(H,56,58)(H,60,61)/t42?,43-,45-/m0/s1. The van der Waals surface area contributed by atoms with Crippen LogP contribution in [0.5, 0.6) is 11.5 Å². The second kappa shape index (κ2) is 19.3. The van der Waals surface area contributed by atoms with Crippen molar-refractivity contribution < 1.29 is 29.0 Å². The first kappa shape index (κ1) is 43.8. The third kappa shape index (κ3) is 9.84. The van der Waals surface area contributed by atoms with E-state index in [-0.39, 0.29) is 38.4 Å². The molecule has 0 saturated carbocycles. The van der Waals surface area contributed by atoms with Crippen LogP contribution in [0, 0.1) is 22.7 Å². The summed E-state index contributed by atoms with van der Waals surface area (Å²) in [5.41, 5.74) is 7.73. The van der Waals surface area contributed by atoms with Gasteiger partial charge in [-0.1, -0.05) is 77.8 Å². The Balaban J connectivity index is 1.01. The summed E-state index contributed by atoms with van der Waals surface area (Å²) < 4.78 is 12.3. The number of nitriles is 2. The number of ether oxygens (including phenoxy) is 2. The first-order chi connectivity index (χ1) is 31.0. The molecule has 2 aliphatic rings. The Kier molecular flexibility index (Phi) is 13.2. The SMILES string of the molecule is CSc1nc(CN2Cc3cc4c(cc3C[C@H]2C(=O)NC(Cc2ccc(-c3ccc(C#N)cc3)cc2)C(=O)O)NC(=O)[C@H](c2ccc(OCc3ccc(Cl)c(Cl)c3)cc2)O4)ccc1C#N. The highest BCUT2D eigenvalue weighted by Gasteiger charge is 2.37. The van der Waals surface area contributed by atoms with Crippen molar-refractivity contribution in [1.29, 1.82) is 10.5 Å². The molecule has 320 valence electrons. The van der Waals surface area contributed by atoms with Gasteiger partial charge in [-0.2, -0.15) is 10.5 Å². The second-order valence-electron chi connectivity index (χ2n) is 15.3. The summed E-state index contributed by atoms with van der Waals surface area (Å²) in [6.45, 7) is 0.770. The van der Waals surface area contributed by atoms with E-state index in [1.54, 1.807) is 60.7 Å². The number of anilines is 1. The Morgan fingerprint density at radius 1 is 0.922 bits per heavy atom. The van der Waals surface area contributed by atoms with Crippen molar-refractivity contribution >= 4 is 58.4 Å². The van der Waals surface area contributed by atoms with Crippen molar-refractivity contribution in [2.45, 2.75) is 55.8 Å². The van der Waals surface area contributed by atoms with E-state index in [0.717, 1.165) is 27.8 Å². The Morgan fingerprint density at radius 2 is 1.64 bits per heavy atom. The third-order valence-electron chi connectivity index (χ3n) is 11.1. The molecule has 3 heterocycles. The summed E-state index contributed by atoms with van der Waals surface area (Å²) in [6.07, 6.45) is 1.14. The molecule has 64 heavy (non-hydrogen) atoms. The van der Waals surface area contributed by atoms with Crippen LogP contribution in [0.1, 0.15) is 50.7 Å². The van der Waals surface area contributed by atoms with Gasteiger partial charge in [-0.3, -0.25) is 14.5 Å². The molecule has 2 aliphatic heterocycles. The number of benzene rings is 5. The minimum Gasteiger partial charge on any atom is -0.489 e. The minimum absolute atomic E-state index is 0.0405. The lowest BCUT2D eigenvalue weighted by Crippen LogP contribution is -2.54. The zero-order valence-corrected chi connectivity index (χ0v) is 36.5. The number of carboxylic acid groups (broad SMARTS) is 1. The molecule has 1 unspecified atom stereocenters. The van der Waals surface area contributed by atoms with E-state index in [9.17, 15) is 24.8 Å². The molecule has 0 saturated heterocycles. The third-order valence-corrected chi connectivity index (χ3v) is 12.5. The molecule has 3 N–H and O–H groups in total. The number of rotatable bonds is 13. The van der Waals surface area contributed by atoms with Crippen LogP contribution in [0.25, 0.3) is 11.1 Å². The molecule has 0 fully saturated rings. The average molecular weight is 910 g/mol. The number of hydrogen-bond donors (Lipinski definition) is 3. The van der Waals surface area contributed by atoms with Crippen molar-refractivity contribution in [2.24, 2.45) is 0 Å². The number of fused-ring (bicyclic) bond motifs is 2. The van der Waals surface area contributed by atoms with Gasteiger partial charge in [0.2, 0.25) is 12.0 Å². The molecule has 2 amide bonds. The average Bonchev–Trinajstić information content (AvgIpc) is 3.31. The second-order valence-corrected chi connectivity index (χ2v) is 16.9. The monoisotopic (exact) mass is 908 g/mol. The maximum absolute atomic E-state index is 14.3. The van der Waals surface area contributed by atoms with Crippen molar-refractivity contribution in [1.82, 2.24) is 15.2 Å². The lowest BCUT2D eigenvalue weighted by atomic mass is 9.91. The fourth-order valence-electron chi connectivity index (χ4n) is 7.71. The molecule has 5 aromatic carbocycles. The smallest absolute Gasteiger partial charge is 0.326 e. The molecule has 0 spiro atoms. The van der Waals surface area contributed by atoms with Crippen LogP contribution < -0.4 is 20.1 Å². The van der Waals surface area contributed by atoms with E-state index in [1.165, 1.54) is 11.8 Å². The Labute approximate surface area is 383 Å². The van der Waals surface area contributed by atoms with Crippen LogP contribution in [0.2, 0.25) is 10.0 Å². The van der Waals surface area contributed by atoms with Crippen molar-refractivity contribution in [2.75, 3.05) is 11.6 Å². The molecular formula is C49H38Cl2N6O6S. The van der Waals surface area contributed by atoms with Crippen molar-refractivity contribution in [3.63, 3.8) is 0 Å². The van der Waals surface area contributed by atoms with Gasteiger partial charge in [0, 0.05) is 25.1 Å².